The second-order valence-corrected chi connectivity index (χ2v) is 9.32. The summed E-state index contributed by atoms with van der Waals surface area (Å²) < 4.78 is 4.93. The highest BCUT2D eigenvalue weighted by molar-refractivity contribution is 7.25. The van der Waals surface area contributed by atoms with Crippen LogP contribution in [0.5, 0.6) is 0 Å². The summed E-state index contributed by atoms with van der Waals surface area (Å²) in [6.45, 7) is 2.18. The van der Waals surface area contributed by atoms with Gasteiger partial charge in [-0.05, 0) is 58.7 Å². The van der Waals surface area contributed by atoms with E-state index in [0.717, 1.165) is 0 Å². The topological polar surface area (TPSA) is 3.88 Å². The molecule has 0 amide bonds. The van der Waals surface area contributed by atoms with Crippen LogP contribution < -0.4 is 4.57 Å². The first-order valence-corrected chi connectivity index (χ1v) is 11.4. The number of hydrogen-bond acceptors (Lipinski definition) is 1. The number of thiophene rings is 1. The number of nitrogens with zero attached hydrogens (tertiary/aromatic N) is 1. The number of aromatic nitrogens is 1. The molecule has 148 valence electrons. The maximum atomic E-state index is 2.36. The second kappa shape index (κ2) is 7.04. The molecule has 0 fully saturated rings. The van der Waals surface area contributed by atoms with Crippen LogP contribution in [-0.2, 0) is 7.05 Å². The lowest BCUT2D eigenvalue weighted by atomic mass is 9.99. The van der Waals surface area contributed by atoms with Gasteiger partial charge in [0.15, 0.2) is 6.20 Å². The molecule has 6 rings (SSSR count). The Morgan fingerprint density at radius 2 is 1.42 bits per heavy atom. The standard InChI is InChI=1S/C29H22NS/c1-19-8-6-7-11-24(19)27-17-26-25-15-22-13-12-21(20-9-4-3-5-10-20)14-23(22)16-28(25)31-29(26)18-30(27)2/h3-18H,1-2H3/q+1. The maximum absolute atomic E-state index is 2.36. The smallest absolute Gasteiger partial charge is 0.200 e. The minimum Gasteiger partial charge on any atom is -0.200 e. The third-order valence-electron chi connectivity index (χ3n) is 6.21. The van der Waals surface area contributed by atoms with Crippen LogP contribution in [0.2, 0.25) is 0 Å². The molecule has 1 nitrogen and oxygen atoms in total. The molecule has 0 N–H and O–H groups in total. The highest BCUT2D eigenvalue weighted by Gasteiger charge is 2.17. The van der Waals surface area contributed by atoms with Gasteiger partial charge >= 0.3 is 0 Å². The molecule has 0 aliphatic rings. The maximum Gasteiger partial charge on any atom is 0.213 e. The van der Waals surface area contributed by atoms with E-state index in [9.17, 15) is 0 Å². The average Bonchev–Trinajstić information content (AvgIpc) is 3.13. The summed E-state index contributed by atoms with van der Waals surface area (Å²) in [4.78, 5) is 0. The highest BCUT2D eigenvalue weighted by Crippen LogP contribution is 2.38. The SMILES string of the molecule is Cc1ccccc1-c1cc2c(c[n+]1C)sc1cc3cc(-c4ccccc4)ccc3cc12. The monoisotopic (exact) mass is 416 g/mol. The van der Waals surface area contributed by atoms with Crippen molar-refractivity contribution in [2.45, 2.75) is 6.92 Å². The lowest BCUT2D eigenvalue weighted by molar-refractivity contribution is -0.659. The van der Waals surface area contributed by atoms with E-state index in [1.807, 2.05) is 11.3 Å². The first-order valence-electron chi connectivity index (χ1n) is 10.6. The predicted octanol–water partition coefficient (Wildman–Crippen LogP) is 7.67. The van der Waals surface area contributed by atoms with Crippen LogP contribution in [0.1, 0.15) is 5.56 Å². The van der Waals surface area contributed by atoms with E-state index in [2.05, 4.69) is 116 Å². The molecule has 4 aromatic carbocycles. The van der Waals surface area contributed by atoms with Crippen LogP contribution in [-0.4, -0.2) is 0 Å². The van der Waals surface area contributed by atoms with Crippen molar-refractivity contribution in [3.05, 3.63) is 103 Å². The summed E-state index contributed by atoms with van der Waals surface area (Å²) in [5.74, 6) is 0. The first-order chi connectivity index (χ1) is 15.2. The summed E-state index contributed by atoms with van der Waals surface area (Å²) in [5.41, 5.74) is 6.37. The molecule has 0 atom stereocenters. The molecule has 0 radical (unpaired) electrons. The summed E-state index contributed by atoms with van der Waals surface area (Å²) in [6, 6.07) is 33.1. The van der Waals surface area contributed by atoms with E-state index < -0.39 is 0 Å². The molecule has 31 heavy (non-hydrogen) atoms. The lowest BCUT2D eigenvalue weighted by Gasteiger charge is -2.05. The Bertz CT molecular complexity index is 1590. The van der Waals surface area contributed by atoms with Crippen LogP contribution in [0.25, 0.3) is 53.3 Å². The van der Waals surface area contributed by atoms with Crippen LogP contribution in [0.4, 0.5) is 0 Å². The van der Waals surface area contributed by atoms with E-state index in [4.69, 9.17) is 0 Å². The van der Waals surface area contributed by atoms with Gasteiger partial charge in [-0.25, -0.2) is 0 Å². The van der Waals surface area contributed by atoms with Gasteiger partial charge in [0.2, 0.25) is 5.69 Å². The first kappa shape index (κ1) is 18.3. The number of aryl methyl sites for hydroxylation is 2. The fourth-order valence-electron chi connectivity index (χ4n) is 4.54. The van der Waals surface area contributed by atoms with E-state index in [1.165, 1.54) is 58.9 Å². The van der Waals surface area contributed by atoms with Crippen LogP contribution in [0.15, 0.2) is 97.2 Å². The Hall–Kier alpha value is -3.49. The molecular formula is C29H22NS+. The van der Waals surface area contributed by atoms with E-state index in [-0.39, 0.29) is 0 Å². The van der Waals surface area contributed by atoms with Crippen molar-refractivity contribution >= 4 is 42.3 Å². The number of fused-ring (bicyclic) bond motifs is 4. The van der Waals surface area contributed by atoms with Crippen LogP contribution >= 0.6 is 11.3 Å². The second-order valence-electron chi connectivity index (χ2n) is 8.24. The number of rotatable bonds is 2. The van der Waals surface area contributed by atoms with Gasteiger partial charge in [0.05, 0.1) is 4.70 Å². The number of hydrogen-bond donors (Lipinski definition) is 0. The minimum absolute atomic E-state index is 1.25. The molecule has 6 aromatic rings. The largest absolute Gasteiger partial charge is 0.213 e. The van der Waals surface area contributed by atoms with Crippen molar-refractivity contribution in [2.24, 2.45) is 7.05 Å². The van der Waals surface area contributed by atoms with Gasteiger partial charge in [-0.15, -0.1) is 11.3 Å². The van der Waals surface area contributed by atoms with Gasteiger partial charge < -0.3 is 0 Å². The van der Waals surface area contributed by atoms with Gasteiger partial charge in [-0.3, -0.25) is 0 Å². The van der Waals surface area contributed by atoms with Crippen molar-refractivity contribution in [3.8, 4) is 22.4 Å². The molecule has 0 unspecified atom stereocenters. The zero-order valence-corrected chi connectivity index (χ0v) is 18.4. The van der Waals surface area contributed by atoms with Crippen LogP contribution in [0.3, 0.4) is 0 Å². The molecule has 2 heterocycles. The molecular weight excluding hydrogens is 394 g/mol. The Morgan fingerprint density at radius 3 is 2.26 bits per heavy atom. The number of benzene rings is 4. The van der Waals surface area contributed by atoms with Gasteiger partial charge in [0, 0.05) is 27.1 Å². The van der Waals surface area contributed by atoms with Gasteiger partial charge in [0.25, 0.3) is 0 Å². The molecule has 0 aliphatic carbocycles. The molecule has 0 spiro atoms. The highest BCUT2D eigenvalue weighted by atomic mass is 32.1. The van der Waals surface area contributed by atoms with Crippen molar-refractivity contribution in [2.75, 3.05) is 0 Å². The summed E-state index contributed by atoms with van der Waals surface area (Å²) >= 11 is 1.88. The average molecular weight is 417 g/mol. The Kier molecular flexibility index (Phi) is 4.15. The van der Waals surface area contributed by atoms with E-state index in [1.54, 1.807) is 0 Å². The minimum atomic E-state index is 1.25. The molecule has 2 heteroatoms. The fraction of sp³-hybridized carbons (Fsp3) is 0.0690. The lowest BCUT2D eigenvalue weighted by Crippen LogP contribution is -2.30. The molecule has 0 saturated carbocycles. The normalized spacial score (nSPS) is 11.5. The predicted molar refractivity (Wildman–Crippen MR) is 134 cm³/mol. The summed E-state index contributed by atoms with van der Waals surface area (Å²) in [6.07, 6.45) is 2.28. The van der Waals surface area contributed by atoms with Crippen LogP contribution in [0, 0.1) is 6.92 Å². The fourth-order valence-corrected chi connectivity index (χ4v) is 5.74. The van der Waals surface area contributed by atoms with Crippen molar-refractivity contribution in [3.63, 3.8) is 0 Å². The number of pyridine rings is 1. The van der Waals surface area contributed by atoms with Gasteiger partial charge in [0.1, 0.15) is 7.05 Å². The quantitative estimate of drug-likeness (QED) is 0.255. The zero-order chi connectivity index (χ0) is 20.9. The summed E-state index contributed by atoms with van der Waals surface area (Å²) in [5, 5.41) is 5.27. The van der Waals surface area contributed by atoms with Crippen molar-refractivity contribution in [1.82, 2.24) is 0 Å². The van der Waals surface area contributed by atoms with E-state index >= 15 is 0 Å². The van der Waals surface area contributed by atoms with Crippen molar-refractivity contribution < 1.29 is 4.57 Å². The van der Waals surface area contributed by atoms with Crippen molar-refractivity contribution in [1.29, 1.82) is 0 Å². The summed E-state index contributed by atoms with van der Waals surface area (Å²) in [7, 11) is 2.15. The molecule has 0 bridgehead atoms. The Balaban J connectivity index is 1.58. The zero-order valence-electron chi connectivity index (χ0n) is 17.6. The Labute approximate surface area is 185 Å². The Morgan fingerprint density at radius 1 is 0.645 bits per heavy atom. The van der Waals surface area contributed by atoms with E-state index in [0.29, 0.717) is 0 Å². The molecule has 2 aromatic heterocycles. The molecule has 0 saturated heterocycles. The van der Waals surface area contributed by atoms with Gasteiger partial charge in [-0.2, -0.15) is 4.57 Å². The molecule has 0 aliphatic heterocycles. The third kappa shape index (κ3) is 3.03. The third-order valence-corrected chi connectivity index (χ3v) is 7.32. The van der Waals surface area contributed by atoms with Gasteiger partial charge in [-0.1, -0.05) is 60.7 Å².